The highest BCUT2D eigenvalue weighted by Crippen LogP contribution is 2.30. The lowest BCUT2D eigenvalue weighted by Gasteiger charge is -2.32. The zero-order valence-electron chi connectivity index (χ0n) is 15.7. The van der Waals surface area contributed by atoms with E-state index in [1.54, 1.807) is 7.11 Å². The zero-order chi connectivity index (χ0) is 18.8. The Morgan fingerprint density at radius 2 is 1.89 bits per heavy atom. The highest BCUT2D eigenvalue weighted by atomic mass is 16.5. The van der Waals surface area contributed by atoms with E-state index in [-0.39, 0.29) is 17.7 Å². The predicted molar refractivity (Wildman–Crippen MR) is 105 cm³/mol. The van der Waals surface area contributed by atoms with Crippen LogP contribution >= 0.6 is 0 Å². The maximum atomic E-state index is 13.2. The van der Waals surface area contributed by atoms with Crippen LogP contribution in [0.2, 0.25) is 0 Å². The number of hydrogen-bond acceptors (Lipinski definition) is 3. The van der Waals surface area contributed by atoms with Crippen LogP contribution in [0.3, 0.4) is 0 Å². The molecule has 2 aromatic rings. The molecular formula is C22H26N2O3. The van der Waals surface area contributed by atoms with Gasteiger partial charge < -0.3 is 15.0 Å². The predicted octanol–water partition coefficient (Wildman–Crippen LogP) is 3.23. The molecule has 1 saturated carbocycles. The number of rotatable bonds is 5. The number of amides is 2. The lowest BCUT2D eigenvalue weighted by Crippen LogP contribution is -2.45. The van der Waals surface area contributed by atoms with Crippen molar-refractivity contribution in [2.45, 2.75) is 25.7 Å². The van der Waals surface area contributed by atoms with Crippen LogP contribution in [0.5, 0.6) is 5.75 Å². The number of benzene rings is 2. The van der Waals surface area contributed by atoms with E-state index >= 15 is 0 Å². The van der Waals surface area contributed by atoms with Gasteiger partial charge in [-0.1, -0.05) is 24.3 Å². The Bertz CT molecular complexity index is 860. The molecule has 1 aliphatic carbocycles. The van der Waals surface area contributed by atoms with Crippen LogP contribution in [0, 0.1) is 11.8 Å². The van der Waals surface area contributed by atoms with E-state index in [0.29, 0.717) is 24.6 Å². The fraction of sp³-hybridized carbons (Fsp3) is 0.455. The summed E-state index contributed by atoms with van der Waals surface area (Å²) >= 11 is 0. The Morgan fingerprint density at radius 1 is 1.11 bits per heavy atom. The average Bonchev–Trinajstić information content (AvgIpc) is 3.55. The van der Waals surface area contributed by atoms with Gasteiger partial charge in [-0.05, 0) is 49.1 Å². The number of methoxy groups -OCH3 is 1. The molecule has 2 aliphatic rings. The summed E-state index contributed by atoms with van der Waals surface area (Å²) in [6, 6.07) is 11.5. The van der Waals surface area contributed by atoms with Crippen LogP contribution < -0.4 is 10.1 Å². The minimum absolute atomic E-state index is 0.00598. The standard InChI is InChI=1S/C22H26N2O3/c1-27-20-11-10-19(17-6-2-3-7-18(17)20)22(26)24-12-4-5-16(14-24)21(25)23-13-15-8-9-15/h2-3,6-7,10-11,15-16H,4-5,8-9,12-14H2,1H3,(H,23,25). The first-order chi connectivity index (χ1) is 13.2. The van der Waals surface area contributed by atoms with Crippen molar-refractivity contribution in [3.8, 4) is 5.75 Å². The fourth-order valence-electron chi connectivity index (χ4n) is 3.89. The Labute approximate surface area is 159 Å². The van der Waals surface area contributed by atoms with E-state index < -0.39 is 0 Å². The smallest absolute Gasteiger partial charge is 0.254 e. The Balaban J connectivity index is 1.52. The molecule has 4 rings (SSSR count). The van der Waals surface area contributed by atoms with Gasteiger partial charge in [0.25, 0.3) is 5.91 Å². The highest BCUT2D eigenvalue weighted by molar-refractivity contribution is 6.08. The number of likely N-dealkylation sites (tertiary alicyclic amines) is 1. The van der Waals surface area contributed by atoms with Gasteiger partial charge in [-0.15, -0.1) is 0 Å². The maximum absolute atomic E-state index is 13.2. The zero-order valence-corrected chi connectivity index (χ0v) is 15.7. The average molecular weight is 366 g/mol. The van der Waals surface area contributed by atoms with Crippen molar-refractivity contribution in [2.75, 3.05) is 26.7 Å². The third-order valence-corrected chi connectivity index (χ3v) is 5.68. The van der Waals surface area contributed by atoms with Crippen LogP contribution in [0.1, 0.15) is 36.0 Å². The van der Waals surface area contributed by atoms with Crippen molar-refractivity contribution in [2.24, 2.45) is 11.8 Å². The number of piperidine rings is 1. The molecule has 2 fully saturated rings. The third-order valence-electron chi connectivity index (χ3n) is 5.68. The van der Waals surface area contributed by atoms with Gasteiger partial charge in [0.1, 0.15) is 5.75 Å². The number of fused-ring (bicyclic) bond motifs is 1. The summed E-state index contributed by atoms with van der Waals surface area (Å²) in [6.45, 7) is 1.98. The second kappa shape index (κ2) is 7.59. The first kappa shape index (κ1) is 17.8. The fourth-order valence-corrected chi connectivity index (χ4v) is 3.89. The number of hydrogen-bond donors (Lipinski definition) is 1. The van der Waals surface area contributed by atoms with Gasteiger partial charge in [0, 0.05) is 30.6 Å². The molecule has 142 valence electrons. The van der Waals surface area contributed by atoms with E-state index in [9.17, 15) is 9.59 Å². The van der Waals surface area contributed by atoms with Crippen LogP contribution in [-0.2, 0) is 4.79 Å². The van der Waals surface area contributed by atoms with Crippen molar-refractivity contribution in [3.63, 3.8) is 0 Å². The molecule has 1 N–H and O–H groups in total. The second-order valence-corrected chi connectivity index (χ2v) is 7.64. The second-order valence-electron chi connectivity index (χ2n) is 7.64. The molecule has 0 spiro atoms. The Hall–Kier alpha value is -2.56. The number of carbonyl (C=O) groups excluding carboxylic acids is 2. The molecule has 0 bridgehead atoms. The topological polar surface area (TPSA) is 58.6 Å². The quantitative estimate of drug-likeness (QED) is 0.884. The van der Waals surface area contributed by atoms with Gasteiger partial charge in [0.2, 0.25) is 5.91 Å². The summed E-state index contributed by atoms with van der Waals surface area (Å²) in [5, 5.41) is 4.89. The monoisotopic (exact) mass is 366 g/mol. The van der Waals surface area contributed by atoms with Crippen molar-refractivity contribution < 1.29 is 14.3 Å². The van der Waals surface area contributed by atoms with Crippen LogP contribution in [0.25, 0.3) is 10.8 Å². The first-order valence-corrected chi connectivity index (χ1v) is 9.80. The third kappa shape index (κ3) is 3.77. The number of carbonyl (C=O) groups is 2. The lowest BCUT2D eigenvalue weighted by molar-refractivity contribution is -0.126. The van der Waals surface area contributed by atoms with Gasteiger partial charge in [0.05, 0.1) is 13.0 Å². The maximum Gasteiger partial charge on any atom is 0.254 e. The molecule has 5 nitrogen and oxygen atoms in total. The van der Waals surface area contributed by atoms with Crippen LogP contribution in [0.4, 0.5) is 0 Å². The largest absolute Gasteiger partial charge is 0.496 e. The molecular weight excluding hydrogens is 340 g/mol. The summed E-state index contributed by atoms with van der Waals surface area (Å²) in [7, 11) is 1.64. The van der Waals surface area contributed by atoms with Crippen molar-refractivity contribution in [1.29, 1.82) is 0 Å². The normalized spacial score (nSPS) is 19.7. The molecule has 5 heteroatoms. The van der Waals surface area contributed by atoms with Crippen molar-refractivity contribution in [1.82, 2.24) is 10.2 Å². The summed E-state index contributed by atoms with van der Waals surface area (Å²) in [5.74, 6) is 1.41. The molecule has 0 radical (unpaired) electrons. The lowest BCUT2D eigenvalue weighted by atomic mass is 9.95. The number of ether oxygens (including phenoxy) is 1. The summed E-state index contributed by atoms with van der Waals surface area (Å²) in [6.07, 6.45) is 4.16. The molecule has 2 aromatic carbocycles. The Kier molecular flexibility index (Phi) is 5.01. The van der Waals surface area contributed by atoms with Crippen molar-refractivity contribution >= 4 is 22.6 Å². The van der Waals surface area contributed by atoms with E-state index in [1.807, 2.05) is 41.3 Å². The van der Waals surface area contributed by atoms with Crippen molar-refractivity contribution in [3.05, 3.63) is 42.0 Å². The molecule has 1 aliphatic heterocycles. The molecule has 1 atom stereocenters. The van der Waals surface area contributed by atoms with Gasteiger partial charge in [-0.3, -0.25) is 9.59 Å². The minimum Gasteiger partial charge on any atom is -0.496 e. The SMILES string of the molecule is COc1ccc(C(=O)N2CCCC(C(=O)NCC3CC3)C2)c2ccccc12. The summed E-state index contributed by atoms with van der Waals surface area (Å²) < 4.78 is 5.43. The van der Waals surface area contributed by atoms with Crippen LogP contribution in [0.15, 0.2) is 36.4 Å². The molecule has 0 aromatic heterocycles. The molecule has 2 amide bonds. The Morgan fingerprint density at radius 3 is 2.63 bits per heavy atom. The van der Waals surface area contributed by atoms with Gasteiger partial charge >= 0.3 is 0 Å². The molecule has 27 heavy (non-hydrogen) atoms. The molecule has 1 saturated heterocycles. The van der Waals surface area contributed by atoms with E-state index in [0.717, 1.165) is 35.9 Å². The summed E-state index contributed by atoms with van der Waals surface area (Å²) in [4.78, 5) is 27.5. The first-order valence-electron chi connectivity index (χ1n) is 9.80. The van der Waals surface area contributed by atoms with E-state index in [2.05, 4.69) is 5.32 Å². The molecule has 1 heterocycles. The van der Waals surface area contributed by atoms with Gasteiger partial charge in [0.15, 0.2) is 0 Å². The minimum atomic E-state index is -0.106. The van der Waals surface area contributed by atoms with Gasteiger partial charge in [-0.2, -0.15) is 0 Å². The highest BCUT2D eigenvalue weighted by Gasteiger charge is 2.30. The van der Waals surface area contributed by atoms with Crippen LogP contribution in [-0.4, -0.2) is 43.5 Å². The number of nitrogens with one attached hydrogen (secondary N) is 1. The van der Waals surface area contributed by atoms with E-state index in [4.69, 9.17) is 4.74 Å². The number of nitrogens with zero attached hydrogens (tertiary/aromatic N) is 1. The van der Waals surface area contributed by atoms with E-state index in [1.165, 1.54) is 12.8 Å². The molecule has 1 unspecified atom stereocenters. The van der Waals surface area contributed by atoms with Gasteiger partial charge in [-0.25, -0.2) is 0 Å². The summed E-state index contributed by atoms with van der Waals surface area (Å²) in [5.41, 5.74) is 0.672.